The molecule has 26 heavy (non-hydrogen) atoms. The highest BCUT2D eigenvalue weighted by Crippen LogP contribution is 2.26. The molecule has 5 heteroatoms. The molecule has 4 rings (SSSR count). The average Bonchev–Trinajstić information content (AvgIpc) is 3.30. The Morgan fingerprint density at radius 1 is 1.23 bits per heavy atom. The molecule has 0 atom stereocenters. The maximum absolute atomic E-state index is 13.4. The molecule has 0 unspecified atom stereocenters. The number of nitriles is 1. The summed E-state index contributed by atoms with van der Waals surface area (Å²) in [7, 11) is 0. The number of allylic oxidation sites excluding steroid dienone is 1. The number of hydrogen-bond acceptors (Lipinski definition) is 3. The second-order valence-corrected chi connectivity index (χ2v) is 6.65. The van der Waals surface area contributed by atoms with Gasteiger partial charge in [-0.05, 0) is 67.3 Å². The number of anilines is 1. The van der Waals surface area contributed by atoms with Crippen molar-refractivity contribution in [3.63, 3.8) is 0 Å². The molecule has 1 N–H and O–H groups in total. The Bertz CT molecular complexity index is 1040. The van der Waals surface area contributed by atoms with E-state index >= 15 is 0 Å². The largest absolute Gasteiger partial charge is 0.372 e. The minimum atomic E-state index is -0.330. The van der Waals surface area contributed by atoms with Gasteiger partial charge in [-0.15, -0.1) is 0 Å². The molecule has 0 radical (unpaired) electrons. The molecule has 0 aliphatic carbocycles. The van der Waals surface area contributed by atoms with E-state index in [1.54, 1.807) is 6.07 Å². The normalized spacial score (nSPS) is 14.8. The van der Waals surface area contributed by atoms with Crippen LogP contribution in [0.2, 0.25) is 0 Å². The van der Waals surface area contributed by atoms with Crippen LogP contribution < -0.4 is 4.90 Å². The first kappa shape index (κ1) is 16.3. The number of benzene rings is 2. The minimum absolute atomic E-state index is 0.330. The van der Waals surface area contributed by atoms with Gasteiger partial charge in [-0.3, -0.25) is 0 Å². The molecule has 2 aromatic carbocycles. The van der Waals surface area contributed by atoms with Crippen LogP contribution in [0.25, 0.3) is 22.7 Å². The third-order valence-electron chi connectivity index (χ3n) is 4.84. The minimum Gasteiger partial charge on any atom is -0.372 e. The van der Waals surface area contributed by atoms with Crippen LogP contribution in [-0.4, -0.2) is 23.1 Å². The van der Waals surface area contributed by atoms with E-state index < -0.39 is 0 Å². The third-order valence-corrected chi connectivity index (χ3v) is 4.84. The highest BCUT2D eigenvalue weighted by molar-refractivity contribution is 5.90. The molecule has 1 saturated heterocycles. The van der Waals surface area contributed by atoms with E-state index in [9.17, 15) is 9.65 Å². The van der Waals surface area contributed by atoms with Crippen molar-refractivity contribution in [1.82, 2.24) is 9.97 Å². The van der Waals surface area contributed by atoms with E-state index in [2.05, 4.69) is 40.0 Å². The lowest BCUT2D eigenvalue weighted by Gasteiger charge is -2.18. The molecular weight excluding hydrogens is 327 g/mol. The van der Waals surface area contributed by atoms with E-state index in [-0.39, 0.29) is 5.82 Å². The lowest BCUT2D eigenvalue weighted by Crippen LogP contribution is -2.17. The SMILES string of the molecule is Cc1cc(N2CCCC2)ccc1/C=C(/C#N)c1nc2ccc(F)cc2[nH]1. The Labute approximate surface area is 151 Å². The van der Waals surface area contributed by atoms with Gasteiger partial charge in [0.1, 0.15) is 17.7 Å². The van der Waals surface area contributed by atoms with Gasteiger partial charge in [0, 0.05) is 18.8 Å². The number of rotatable bonds is 3. The van der Waals surface area contributed by atoms with Gasteiger partial charge in [-0.1, -0.05) is 6.07 Å². The smallest absolute Gasteiger partial charge is 0.149 e. The maximum Gasteiger partial charge on any atom is 0.149 e. The number of nitrogens with one attached hydrogen (secondary N) is 1. The highest BCUT2D eigenvalue weighted by Gasteiger charge is 2.13. The number of aromatic amines is 1. The lowest BCUT2D eigenvalue weighted by molar-refractivity contribution is 0.629. The molecule has 2 heterocycles. The Morgan fingerprint density at radius 2 is 2.04 bits per heavy atom. The summed E-state index contributed by atoms with van der Waals surface area (Å²) in [5.41, 5.74) is 4.99. The van der Waals surface area contributed by atoms with Crippen molar-refractivity contribution in [3.8, 4) is 6.07 Å². The summed E-state index contributed by atoms with van der Waals surface area (Å²) in [6, 6.07) is 12.9. The molecule has 130 valence electrons. The van der Waals surface area contributed by atoms with Crippen molar-refractivity contribution in [2.75, 3.05) is 18.0 Å². The van der Waals surface area contributed by atoms with Crippen LogP contribution in [0.4, 0.5) is 10.1 Å². The zero-order chi connectivity index (χ0) is 18.1. The summed E-state index contributed by atoms with van der Waals surface area (Å²) in [6.45, 7) is 4.26. The highest BCUT2D eigenvalue weighted by atomic mass is 19.1. The standard InChI is InChI=1S/C21H19FN4/c1-14-10-18(26-8-2-3-9-26)6-4-15(14)11-16(13-23)21-24-19-7-5-17(22)12-20(19)25-21/h4-7,10-12H,2-3,8-9H2,1H3,(H,24,25)/b16-11-. The Morgan fingerprint density at radius 3 is 2.77 bits per heavy atom. The van der Waals surface area contributed by atoms with Crippen LogP contribution in [0, 0.1) is 24.1 Å². The second kappa shape index (κ2) is 6.64. The molecule has 4 nitrogen and oxygen atoms in total. The quantitative estimate of drug-likeness (QED) is 0.701. The molecular formula is C21H19FN4. The summed E-state index contributed by atoms with van der Waals surface area (Å²) in [6.07, 6.45) is 4.31. The number of fused-ring (bicyclic) bond motifs is 1. The summed E-state index contributed by atoms with van der Waals surface area (Å²) in [5, 5.41) is 9.58. The maximum atomic E-state index is 13.4. The fourth-order valence-corrected chi connectivity index (χ4v) is 3.41. The number of aryl methyl sites for hydroxylation is 1. The molecule has 1 aliphatic rings. The number of aromatic nitrogens is 2. The number of nitrogens with zero attached hydrogens (tertiary/aromatic N) is 3. The van der Waals surface area contributed by atoms with E-state index in [1.165, 1.54) is 30.7 Å². The Hall–Kier alpha value is -3.13. The van der Waals surface area contributed by atoms with Crippen LogP contribution in [0.1, 0.15) is 29.8 Å². The van der Waals surface area contributed by atoms with Crippen molar-refractivity contribution in [1.29, 1.82) is 5.26 Å². The van der Waals surface area contributed by atoms with Crippen molar-refractivity contribution >= 4 is 28.4 Å². The number of imidazole rings is 1. The first-order valence-electron chi connectivity index (χ1n) is 8.77. The summed E-state index contributed by atoms with van der Waals surface area (Å²) < 4.78 is 13.4. The molecule has 0 saturated carbocycles. The monoisotopic (exact) mass is 346 g/mol. The van der Waals surface area contributed by atoms with Gasteiger partial charge in [0.2, 0.25) is 0 Å². The average molecular weight is 346 g/mol. The molecule has 0 amide bonds. The van der Waals surface area contributed by atoms with E-state index in [0.29, 0.717) is 22.4 Å². The first-order valence-corrected chi connectivity index (χ1v) is 8.77. The number of hydrogen-bond donors (Lipinski definition) is 1. The number of halogens is 1. The van der Waals surface area contributed by atoms with Gasteiger partial charge in [-0.2, -0.15) is 5.26 Å². The molecule has 3 aromatic rings. The second-order valence-electron chi connectivity index (χ2n) is 6.65. The van der Waals surface area contributed by atoms with Gasteiger partial charge in [-0.25, -0.2) is 9.37 Å². The third kappa shape index (κ3) is 3.06. The van der Waals surface area contributed by atoms with E-state index in [1.807, 2.05) is 12.1 Å². The summed E-state index contributed by atoms with van der Waals surface area (Å²) >= 11 is 0. The van der Waals surface area contributed by atoms with Crippen molar-refractivity contribution in [2.45, 2.75) is 19.8 Å². The molecule has 1 aliphatic heterocycles. The Kier molecular flexibility index (Phi) is 4.18. The number of H-pyrrole nitrogens is 1. The lowest BCUT2D eigenvalue weighted by atomic mass is 10.0. The fraction of sp³-hybridized carbons (Fsp3) is 0.238. The van der Waals surface area contributed by atoms with Crippen LogP contribution in [-0.2, 0) is 0 Å². The fourth-order valence-electron chi connectivity index (χ4n) is 3.41. The zero-order valence-electron chi connectivity index (χ0n) is 14.6. The molecule has 0 spiro atoms. The van der Waals surface area contributed by atoms with Crippen molar-refractivity contribution < 1.29 is 4.39 Å². The van der Waals surface area contributed by atoms with Gasteiger partial charge >= 0.3 is 0 Å². The van der Waals surface area contributed by atoms with Crippen molar-refractivity contribution in [3.05, 3.63) is 59.2 Å². The summed E-state index contributed by atoms with van der Waals surface area (Å²) in [5.74, 6) is 0.125. The summed E-state index contributed by atoms with van der Waals surface area (Å²) in [4.78, 5) is 9.83. The van der Waals surface area contributed by atoms with E-state index in [4.69, 9.17) is 0 Å². The first-order chi connectivity index (χ1) is 12.6. The zero-order valence-corrected chi connectivity index (χ0v) is 14.6. The van der Waals surface area contributed by atoms with Gasteiger partial charge in [0.25, 0.3) is 0 Å². The van der Waals surface area contributed by atoms with Crippen LogP contribution >= 0.6 is 0 Å². The molecule has 1 aromatic heterocycles. The van der Waals surface area contributed by atoms with E-state index in [0.717, 1.165) is 24.2 Å². The van der Waals surface area contributed by atoms with Gasteiger partial charge in [0.05, 0.1) is 16.6 Å². The molecule has 0 bridgehead atoms. The van der Waals surface area contributed by atoms with Gasteiger partial charge < -0.3 is 9.88 Å². The van der Waals surface area contributed by atoms with Crippen molar-refractivity contribution in [2.24, 2.45) is 0 Å². The molecule has 1 fully saturated rings. The predicted molar refractivity (Wildman–Crippen MR) is 102 cm³/mol. The predicted octanol–water partition coefficient (Wildman–Crippen LogP) is 4.67. The topological polar surface area (TPSA) is 55.7 Å². The van der Waals surface area contributed by atoms with Crippen LogP contribution in [0.3, 0.4) is 0 Å². The van der Waals surface area contributed by atoms with Gasteiger partial charge in [0.15, 0.2) is 0 Å². The van der Waals surface area contributed by atoms with Crippen LogP contribution in [0.5, 0.6) is 0 Å². The van der Waals surface area contributed by atoms with Crippen LogP contribution in [0.15, 0.2) is 36.4 Å². The Balaban J connectivity index is 1.69.